The summed E-state index contributed by atoms with van der Waals surface area (Å²) in [5, 5.41) is 8.49. The topological polar surface area (TPSA) is 29.9 Å². The molecule has 1 saturated carbocycles. The minimum absolute atomic E-state index is 0.757. The molecule has 0 atom stereocenters. The van der Waals surface area contributed by atoms with Crippen LogP contribution < -0.4 is 5.32 Å². The highest BCUT2D eigenvalue weighted by Gasteiger charge is 2.19. The first-order valence-corrected chi connectivity index (χ1v) is 6.45. The van der Waals surface area contributed by atoms with Crippen molar-refractivity contribution in [2.24, 2.45) is 13.0 Å². The fourth-order valence-electron chi connectivity index (χ4n) is 2.01. The number of nitrogens with one attached hydrogen (secondary N) is 1. The first-order chi connectivity index (χ1) is 7.68. The van der Waals surface area contributed by atoms with Crippen LogP contribution in [0.2, 0.25) is 5.15 Å². The molecule has 90 valence electrons. The molecule has 2 rings (SSSR count). The van der Waals surface area contributed by atoms with Crippen LogP contribution in [-0.4, -0.2) is 16.3 Å². The maximum absolute atomic E-state index is 6.15. The van der Waals surface area contributed by atoms with Crippen molar-refractivity contribution in [3.8, 4) is 0 Å². The Morgan fingerprint density at radius 3 is 2.81 bits per heavy atom. The van der Waals surface area contributed by atoms with E-state index in [0.717, 1.165) is 35.4 Å². The third-order valence-electron chi connectivity index (χ3n) is 3.23. The Labute approximate surface area is 102 Å². The zero-order chi connectivity index (χ0) is 11.5. The molecule has 1 N–H and O–H groups in total. The van der Waals surface area contributed by atoms with Gasteiger partial charge in [0.2, 0.25) is 0 Å². The summed E-state index contributed by atoms with van der Waals surface area (Å²) in [5.41, 5.74) is 2.16. The van der Waals surface area contributed by atoms with Gasteiger partial charge >= 0.3 is 0 Å². The van der Waals surface area contributed by atoms with Gasteiger partial charge in [0.1, 0.15) is 5.15 Å². The predicted molar refractivity (Wildman–Crippen MR) is 66.6 cm³/mol. The number of aryl methyl sites for hydroxylation is 2. The molecular weight excluding hydrogens is 222 g/mol. The molecular formula is C12H20ClN3. The van der Waals surface area contributed by atoms with Crippen molar-refractivity contribution in [3.05, 3.63) is 16.4 Å². The van der Waals surface area contributed by atoms with Gasteiger partial charge in [-0.15, -0.1) is 0 Å². The van der Waals surface area contributed by atoms with Gasteiger partial charge in [0, 0.05) is 19.2 Å². The molecule has 16 heavy (non-hydrogen) atoms. The van der Waals surface area contributed by atoms with Crippen LogP contribution in [0.15, 0.2) is 0 Å². The minimum atomic E-state index is 0.757. The van der Waals surface area contributed by atoms with Gasteiger partial charge in [0.15, 0.2) is 0 Å². The molecule has 0 unspecified atom stereocenters. The number of hydrogen-bond acceptors (Lipinski definition) is 2. The number of rotatable bonds is 6. The zero-order valence-electron chi connectivity index (χ0n) is 10.1. The third-order valence-corrected chi connectivity index (χ3v) is 3.71. The number of nitrogens with zero attached hydrogens (tertiary/aromatic N) is 2. The lowest BCUT2D eigenvalue weighted by Gasteiger charge is -2.04. The van der Waals surface area contributed by atoms with Crippen LogP contribution in [0.25, 0.3) is 0 Å². The fourth-order valence-corrected chi connectivity index (χ4v) is 2.25. The van der Waals surface area contributed by atoms with Gasteiger partial charge in [-0.25, -0.2) is 0 Å². The van der Waals surface area contributed by atoms with Gasteiger partial charge in [-0.2, -0.15) is 5.10 Å². The van der Waals surface area contributed by atoms with Crippen molar-refractivity contribution in [1.82, 2.24) is 15.1 Å². The van der Waals surface area contributed by atoms with E-state index in [0.29, 0.717) is 0 Å². The van der Waals surface area contributed by atoms with Gasteiger partial charge in [0.05, 0.1) is 5.69 Å². The van der Waals surface area contributed by atoms with Crippen LogP contribution in [0.4, 0.5) is 0 Å². The van der Waals surface area contributed by atoms with Crippen molar-refractivity contribution in [2.45, 2.75) is 39.2 Å². The molecule has 0 amide bonds. The van der Waals surface area contributed by atoms with Crippen LogP contribution in [0.1, 0.15) is 36.9 Å². The number of halogens is 1. The van der Waals surface area contributed by atoms with Crippen molar-refractivity contribution in [2.75, 3.05) is 6.54 Å². The molecule has 1 aliphatic rings. The van der Waals surface area contributed by atoms with E-state index in [2.05, 4.69) is 10.4 Å². The Hall–Kier alpha value is -0.540. The van der Waals surface area contributed by atoms with E-state index in [1.54, 1.807) is 4.68 Å². The Morgan fingerprint density at radius 2 is 2.25 bits per heavy atom. The number of hydrogen-bond donors (Lipinski definition) is 1. The Balaban J connectivity index is 1.71. The maximum Gasteiger partial charge on any atom is 0.131 e. The Kier molecular flexibility index (Phi) is 3.87. The van der Waals surface area contributed by atoms with Crippen molar-refractivity contribution in [3.63, 3.8) is 0 Å². The Bertz CT molecular complexity index is 355. The van der Waals surface area contributed by atoms with E-state index in [4.69, 9.17) is 11.6 Å². The van der Waals surface area contributed by atoms with Crippen LogP contribution in [0.3, 0.4) is 0 Å². The molecule has 0 aromatic carbocycles. The van der Waals surface area contributed by atoms with Crippen LogP contribution in [0, 0.1) is 12.8 Å². The largest absolute Gasteiger partial charge is 0.312 e. The lowest BCUT2D eigenvalue weighted by molar-refractivity contribution is 0.593. The monoisotopic (exact) mass is 241 g/mol. The normalized spacial score (nSPS) is 15.7. The van der Waals surface area contributed by atoms with Crippen molar-refractivity contribution >= 4 is 11.6 Å². The molecule has 0 radical (unpaired) electrons. The number of aromatic nitrogens is 2. The molecule has 0 spiro atoms. The summed E-state index contributed by atoms with van der Waals surface area (Å²) in [6.07, 6.45) is 5.56. The summed E-state index contributed by atoms with van der Waals surface area (Å²) in [6.45, 7) is 3.93. The molecule has 1 fully saturated rings. The second kappa shape index (κ2) is 5.19. The molecule has 1 aromatic rings. The zero-order valence-corrected chi connectivity index (χ0v) is 10.8. The highest BCUT2D eigenvalue weighted by atomic mass is 35.5. The van der Waals surface area contributed by atoms with Crippen molar-refractivity contribution in [1.29, 1.82) is 0 Å². The van der Waals surface area contributed by atoms with Gasteiger partial charge < -0.3 is 5.32 Å². The SMILES string of the molecule is Cc1nn(C)c(Cl)c1CNCCCC1CC1. The van der Waals surface area contributed by atoms with E-state index in [1.165, 1.54) is 25.7 Å². The predicted octanol–water partition coefficient (Wildman–Crippen LogP) is 2.66. The average Bonchev–Trinajstić information content (AvgIpc) is 3.02. The van der Waals surface area contributed by atoms with E-state index in [-0.39, 0.29) is 0 Å². The summed E-state index contributed by atoms with van der Waals surface area (Å²) in [4.78, 5) is 0. The first-order valence-electron chi connectivity index (χ1n) is 6.07. The summed E-state index contributed by atoms with van der Waals surface area (Å²) in [6, 6.07) is 0. The lowest BCUT2D eigenvalue weighted by atomic mass is 10.2. The van der Waals surface area contributed by atoms with Gasteiger partial charge in [-0.3, -0.25) is 4.68 Å². The third kappa shape index (κ3) is 2.98. The smallest absolute Gasteiger partial charge is 0.131 e. The molecule has 4 heteroatoms. The van der Waals surface area contributed by atoms with Gasteiger partial charge in [-0.05, 0) is 32.2 Å². The summed E-state index contributed by atoms with van der Waals surface area (Å²) < 4.78 is 1.73. The second-order valence-corrected chi connectivity index (χ2v) is 5.10. The summed E-state index contributed by atoms with van der Waals surface area (Å²) >= 11 is 6.15. The van der Waals surface area contributed by atoms with Crippen LogP contribution in [-0.2, 0) is 13.6 Å². The molecule has 1 aromatic heterocycles. The molecule has 1 aliphatic carbocycles. The molecule has 0 saturated heterocycles. The quantitative estimate of drug-likeness (QED) is 0.776. The fraction of sp³-hybridized carbons (Fsp3) is 0.750. The standard InChI is InChI=1S/C12H20ClN3/c1-9-11(12(13)16(2)15-9)8-14-7-3-4-10-5-6-10/h10,14H,3-8H2,1-2H3. The van der Waals surface area contributed by atoms with Crippen LogP contribution >= 0.6 is 11.6 Å². The molecule has 3 nitrogen and oxygen atoms in total. The summed E-state index contributed by atoms with van der Waals surface area (Å²) in [7, 11) is 1.88. The van der Waals surface area contributed by atoms with Gasteiger partial charge in [-0.1, -0.05) is 24.4 Å². The minimum Gasteiger partial charge on any atom is -0.312 e. The first kappa shape index (κ1) is 11.9. The van der Waals surface area contributed by atoms with Gasteiger partial charge in [0.25, 0.3) is 0 Å². The molecule has 0 bridgehead atoms. The van der Waals surface area contributed by atoms with E-state index in [1.807, 2.05) is 14.0 Å². The van der Waals surface area contributed by atoms with E-state index in [9.17, 15) is 0 Å². The van der Waals surface area contributed by atoms with Crippen LogP contribution in [0.5, 0.6) is 0 Å². The lowest BCUT2D eigenvalue weighted by Crippen LogP contribution is -2.15. The average molecular weight is 242 g/mol. The van der Waals surface area contributed by atoms with E-state index >= 15 is 0 Å². The highest BCUT2D eigenvalue weighted by molar-refractivity contribution is 6.30. The van der Waals surface area contributed by atoms with E-state index < -0.39 is 0 Å². The second-order valence-electron chi connectivity index (χ2n) is 4.74. The highest BCUT2D eigenvalue weighted by Crippen LogP contribution is 2.33. The molecule has 1 heterocycles. The summed E-state index contributed by atoms with van der Waals surface area (Å²) in [5.74, 6) is 1.03. The molecule has 0 aliphatic heterocycles. The maximum atomic E-state index is 6.15. The van der Waals surface area contributed by atoms with Crippen molar-refractivity contribution < 1.29 is 0 Å². The Morgan fingerprint density at radius 1 is 1.50 bits per heavy atom.